The first-order valence-corrected chi connectivity index (χ1v) is 7.54. The lowest BCUT2D eigenvalue weighted by molar-refractivity contribution is -0.154. The van der Waals surface area contributed by atoms with Crippen LogP contribution in [-0.4, -0.2) is 38.2 Å². The summed E-state index contributed by atoms with van der Waals surface area (Å²) in [5.74, 6) is -0.747. The van der Waals surface area contributed by atoms with Crippen molar-refractivity contribution in [2.24, 2.45) is 0 Å². The van der Waals surface area contributed by atoms with E-state index in [2.05, 4.69) is 5.32 Å². The number of rotatable bonds is 7. The summed E-state index contributed by atoms with van der Waals surface area (Å²) < 4.78 is 10.0. The monoisotopic (exact) mass is 315 g/mol. The van der Waals surface area contributed by atoms with Crippen LogP contribution in [0, 0.1) is 0 Å². The van der Waals surface area contributed by atoms with E-state index in [-0.39, 0.29) is 12.3 Å². The average Bonchev–Trinajstić information content (AvgIpc) is 2.54. The third-order valence-corrected chi connectivity index (χ3v) is 3.45. The molecule has 5 nitrogen and oxygen atoms in total. The predicted octanol–water partition coefficient (Wildman–Crippen LogP) is 2.08. The van der Waals surface area contributed by atoms with Crippen LogP contribution in [0.2, 0.25) is 0 Å². The Morgan fingerprint density at radius 2 is 1.87 bits per heavy atom. The molecule has 1 atom stereocenters. The molecular formula is C18H21NO4. The van der Waals surface area contributed by atoms with Gasteiger partial charge in [-0.25, -0.2) is 0 Å². The number of nitrogens with one attached hydrogen (secondary N) is 1. The molecule has 0 aliphatic carbocycles. The Kier molecular flexibility index (Phi) is 6.11. The van der Waals surface area contributed by atoms with E-state index in [0.29, 0.717) is 13.2 Å². The third kappa shape index (κ3) is 5.07. The molecule has 0 bridgehead atoms. The molecule has 0 radical (unpaired) electrons. The Labute approximate surface area is 135 Å². The van der Waals surface area contributed by atoms with Crippen molar-refractivity contribution in [3.8, 4) is 0 Å². The molecule has 2 aromatic carbocycles. The molecule has 23 heavy (non-hydrogen) atoms. The highest BCUT2D eigenvalue weighted by molar-refractivity contribution is 5.86. The Morgan fingerprint density at radius 1 is 1.13 bits per heavy atom. The van der Waals surface area contributed by atoms with Crippen molar-refractivity contribution < 1.29 is 19.1 Å². The maximum Gasteiger partial charge on any atom is 0.311 e. The molecule has 0 fully saturated rings. The van der Waals surface area contributed by atoms with Gasteiger partial charge < -0.3 is 14.8 Å². The molecular weight excluding hydrogens is 294 g/mol. The number of hydrogen-bond donors (Lipinski definition) is 1. The zero-order valence-corrected chi connectivity index (χ0v) is 13.4. The number of esters is 1. The molecule has 5 heteroatoms. The second-order valence-corrected chi connectivity index (χ2v) is 5.27. The van der Waals surface area contributed by atoms with Crippen molar-refractivity contribution in [2.45, 2.75) is 19.4 Å². The zero-order chi connectivity index (χ0) is 16.7. The summed E-state index contributed by atoms with van der Waals surface area (Å²) in [5.41, 5.74) is 0.862. The minimum absolute atomic E-state index is 0.139. The molecule has 0 aliphatic heterocycles. The van der Waals surface area contributed by atoms with Gasteiger partial charge in [-0.15, -0.1) is 0 Å². The first-order chi connectivity index (χ1) is 11.1. The first kappa shape index (κ1) is 17.0. The fraction of sp³-hybridized carbons (Fsp3) is 0.333. The molecule has 1 amide bonds. The molecule has 0 aliphatic rings. The molecule has 0 saturated carbocycles. The number of ether oxygens (including phenoxy) is 2. The quantitative estimate of drug-likeness (QED) is 0.627. The molecule has 0 saturated heterocycles. The van der Waals surface area contributed by atoms with E-state index >= 15 is 0 Å². The van der Waals surface area contributed by atoms with Gasteiger partial charge in [0.1, 0.15) is 0 Å². The largest absolute Gasteiger partial charge is 0.452 e. The molecule has 0 spiro atoms. The second kappa shape index (κ2) is 8.29. The van der Waals surface area contributed by atoms with E-state index < -0.39 is 12.1 Å². The summed E-state index contributed by atoms with van der Waals surface area (Å²) in [6.45, 7) is 2.37. The number of methoxy groups -OCH3 is 1. The standard InChI is InChI=1S/C18H21NO4/c1-13(18(21)19-9-10-22-2)23-17(20)12-14-7-8-15-5-3-4-6-16(15)11-14/h3-8,11,13H,9-10,12H2,1-2H3,(H,19,21)/t13-/m0/s1. The van der Waals surface area contributed by atoms with Crippen molar-refractivity contribution >= 4 is 22.6 Å². The normalized spacial score (nSPS) is 11.9. The predicted molar refractivity (Wildman–Crippen MR) is 88.1 cm³/mol. The van der Waals surface area contributed by atoms with Gasteiger partial charge in [0.2, 0.25) is 0 Å². The Bertz CT molecular complexity index is 684. The van der Waals surface area contributed by atoms with Crippen LogP contribution in [0.1, 0.15) is 12.5 Å². The smallest absolute Gasteiger partial charge is 0.311 e. The van der Waals surface area contributed by atoms with Crippen molar-refractivity contribution in [1.29, 1.82) is 0 Å². The van der Waals surface area contributed by atoms with E-state index in [1.54, 1.807) is 14.0 Å². The summed E-state index contributed by atoms with van der Waals surface area (Å²) in [6.07, 6.45) is -0.680. The first-order valence-electron chi connectivity index (χ1n) is 7.54. The summed E-state index contributed by atoms with van der Waals surface area (Å²) in [6, 6.07) is 13.8. The van der Waals surface area contributed by atoms with Crippen LogP contribution < -0.4 is 5.32 Å². The maximum absolute atomic E-state index is 12.0. The van der Waals surface area contributed by atoms with Crippen molar-refractivity contribution in [1.82, 2.24) is 5.32 Å². The number of hydrogen-bond acceptors (Lipinski definition) is 4. The minimum atomic E-state index is -0.820. The van der Waals surface area contributed by atoms with Crippen LogP contribution in [0.25, 0.3) is 10.8 Å². The zero-order valence-electron chi connectivity index (χ0n) is 13.4. The van der Waals surface area contributed by atoms with Crippen molar-refractivity contribution in [3.63, 3.8) is 0 Å². The van der Waals surface area contributed by atoms with Crippen LogP contribution >= 0.6 is 0 Å². The Morgan fingerprint density at radius 3 is 2.61 bits per heavy atom. The van der Waals surface area contributed by atoms with E-state index in [1.165, 1.54) is 0 Å². The van der Waals surface area contributed by atoms with Gasteiger partial charge in [0.15, 0.2) is 6.10 Å². The number of carbonyl (C=O) groups excluding carboxylic acids is 2. The molecule has 1 N–H and O–H groups in total. The van der Waals surface area contributed by atoms with Crippen LogP contribution in [0.5, 0.6) is 0 Å². The van der Waals surface area contributed by atoms with Gasteiger partial charge in [0, 0.05) is 13.7 Å². The number of fused-ring (bicyclic) bond motifs is 1. The summed E-state index contributed by atoms with van der Waals surface area (Å²) in [4.78, 5) is 23.7. The van der Waals surface area contributed by atoms with Gasteiger partial charge in [-0.1, -0.05) is 42.5 Å². The highest BCUT2D eigenvalue weighted by Crippen LogP contribution is 2.16. The Hall–Kier alpha value is -2.40. The van der Waals surface area contributed by atoms with E-state index in [1.807, 2.05) is 42.5 Å². The van der Waals surface area contributed by atoms with E-state index in [0.717, 1.165) is 16.3 Å². The average molecular weight is 315 g/mol. The lowest BCUT2D eigenvalue weighted by Gasteiger charge is -2.13. The number of amides is 1. The van der Waals surface area contributed by atoms with Gasteiger partial charge in [0.05, 0.1) is 13.0 Å². The minimum Gasteiger partial charge on any atom is -0.452 e. The van der Waals surface area contributed by atoms with Gasteiger partial charge in [-0.2, -0.15) is 0 Å². The highest BCUT2D eigenvalue weighted by Gasteiger charge is 2.17. The maximum atomic E-state index is 12.0. The van der Waals surface area contributed by atoms with Crippen LogP contribution in [0.4, 0.5) is 0 Å². The molecule has 0 unspecified atom stereocenters. The van der Waals surface area contributed by atoms with Gasteiger partial charge >= 0.3 is 5.97 Å². The summed E-state index contributed by atoms with van der Waals surface area (Å²) in [5, 5.41) is 4.83. The fourth-order valence-corrected chi connectivity index (χ4v) is 2.23. The summed E-state index contributed by atoms with van der Waals surface area (Å²) >= 11 is 0. The lowest BCUT2D eigenvalue weighted by atomic mass is 10.1. The van der Waals surface area contributed by atoms with Crippen LogP contribution in [-0.2, 0) is 25.5 Å². The lowest BCUT2D eigenvalue weighted by Crippen LogP contribution is -2.37. The van der Waals surface area contributed by atoms with Gasteiger partial charge in [0.25, 0.3) is 5.91 Å². The second-order valence-electron chi connectivity index (χ2n) is 5.27. The highest BCUT2D eigenvalue weighted by atomic mass is 16.5. The SMILES string of the molecule is COCCNC(=O)[C@H](C)OC(=O)Cc1ccc2ccccc2c1. The van der Waals surface area contributed by atoms with Gasteiger partial charge in [-0.05, 0) is 23.3 Å². The van der Waals surface area contributed by atoms with Crippen molar-refractivity contribution in [3.05, 3.63) is 48.0 Å². The van der Waals surface area contributed by atoms with Crippen molar-refractivity contribution in [2.75, 3.05) is 20.3 Å². The molecule has 2 rings (SSSR count). The molecule has 0 aromatic heterocycles. The van der Waals surface area contributed by atoms with Crippen LogP contribution in [0.15, 0.2) is 42.5 Å². The van der Waals surface area contributed by atoms with E-state index in [9.17, 15) is 9.59 Å². The van der Waals surface area contributed by atoms with Gasteiger partial charge in [-0.3, -0.25) is 9.59 Å². The molecule has 0 heterocycles. The van der Waals surface area contributed by atoms with Crippen LogP contribution in [0.3, 0.4) is 0 Å². The number of benzene rings is 2. The molecule has 2 aromatic rings. The third-order valence-electron chi connectivity index (χ3n) is 3.45. The topological polar surface area (TPSA) is 64.6 Å². The molecule has 122 valence electrons. The Balaban J connectivity index is 1.89. The summed E-state index contributed by atoms with van der Waals surface area (Å²) in [7, 11) is 1.55. The van der Waals surface area contributed by atoms with E-state index in [4.69, 9.17) is 9.47 Å². The fourth-order valence-electron chi connectivity index (χ4n) is 2.23. The number of carbonyl (C=O) groups is 2.